The zero-order valence-electron chi connectivity index (χ0n) is 29.9. The van der Waals surface area contributed by atoms with Gasteiger partial charge in [-0.3, -0.25) is 14.4 Å². The lowest BCUT2D eigenvalue weighted by molar-refractivity contribution is -0.147. The molecule has 0 aromatic carbocycles. The fourth-order valence-corrected chi connectivity index (χ4v) is 5.75. The first-order valence-electron chi connectivity index (χ1n) is 19.3. The Kier molecular flexibility index (Phi) is 34.0. The van der Waals surface area contributed by atoms with Crippen LogP contribution < -0.4 is 5.73 Å². The Morgan fingerprint density at radius 2 is 0.711 bits per heavy atom. The Morgan fingerprint density at radius 3 is 0.978 bits per heavy atom. The molecule has 0 fully saturated rings. The molecule has 0 bridgehead atoms. The highest BCUT2D eigenvalue weighted by Gasteiger charge is 2.14. The summed E-state index contributed by atoms with van der Waals surface area (Å²) in [4.78, 5) is 37.9. The van der Waals surface area contributed by atoms with Crippen molar-refractivity contribution in [3.05, 3.63) is 0 Å². The number of hydrogen-bond donors (Lipinski definition) is 1. The van der Waals surface area contributed by atoms with Crippen LogP contribution in [0.3, 0.4) is 0 Å². The van der Waals surface area contributed by atoms with Crippen molar-refractivity contribution in [2.45, 2.75) is 194 Å². The summed E-state index contributed by atoms with van der Waals surface area (Å²) in [5, 5.41) is 0. The van der Waals surface area contributed by atoms with Gasteiger partial charge in [0.1, 0.15) is 13.2 Å². The minimum atomic E-state index is -0.241. The fourth-order valence-electron chi connectivity index (χ4n) is 5.75. The molecule has 2 N–H and O–H groups in total. The van der Waals surface area contributed by atoms with Crippen LogP contribution in [0.4, 0.5) is 0 Å². The van der Waals surface area contributed by atoms with Crippen LogP contribution in [0, 0.1) is 0 Å². The summed E-state index contributed by atoms with van der Waals surface area (Å²) in [6.45, 7) is 5.18. The molecule has 0 aromatic heterocycles. The van der Waals surface area contributed by atoms with E-state index in [9.17, 15) is 14.4 Å². The van der Waals surface area contributed by atoms with Crippen molar-refractivity contribution in [2.75, 3.05) is 32.8 Å². The highest BCUT2D eigenvalue weighted by atomic mass is 16.5. The van der Waals surface area contributed by atoms with Crippen LogP contribution in [0.5, 0.6) is 0 Å². The normalized spacial score (nSPS) is 11.1. The van der Waals surface area contributed by atoms with Crippen LogP contribution in [-0.2, 0) is 23.9 Å². The maximum absolute atomic E-state index is 12.2. The molecule has 0 saturated heterocycles. The molecule has 0 spiro atoms. The first kappa shape index (κ1) is 43.4. The van der Waals surface area contributed by atoms with E-state index in [0.29, 0.717) is 12.8 Å². The van der Waals surface area contributed by atoms with Crippen molar-refractivity contribution in [1.29, 1.82) is 0 Å². The second-order valence-electron chi connectivity index (χ2n) is 13.0. The predicted molar refractivity (Wildman–Crippen MR) is 188 cm³/mol. The van der Waals surface area contributed by atoms with Gasteiger partial charge in [0, 0.05) is 12.8 Å². The van der Waals surface area contributed by atoms with E-state index in [4.69, 9.17) is 15.2 Å². The molecule has 0 rings (SSSR count). The molecular weight excluding hydrogens is 564 g/mol. The SMILES string of the molecule is CCCCCCCCCCCCCCCC(=O)OCCN(CCOC(=O)CCCCCCCCCCCCCCC)C(=O)CN. The molecule has 0 radical (unpaired) electrons. The molecule has 0 aliphatic rings. The average molecular weight is 639 g/mol. The van der Waals surface area contributed by atoms with Gasteiger partial charge in [-0.05, 0) is 12.8 Å². The topological polar surface area (TPSA) is 98.9 Å². The van der Waals surface area contributed by atoms with Gasteiger partial charge in [0.25, 0.3) is 0 Å². The van der Waals surface area contributed by atoms with Crippen LogP contribution in [-0.4, -0.2) is 55.6 Å². The number of rotatable bonds is 35. The van der Waals surface area contributed by atoms with Gasteiger partial charge in [0.05, 0.1) is 19.6 Å². The van der Waals surface area contributed by atoms with Gasteiger partial charge in [-0.1, -0.05) is 168 Å². The van der Waals surface area contributed by atoms with Gasteiger partial charge >= 0.3 is 11.9 Å². The maximum Gasteiger partial charge on any atom is 0.305 e. The number of nitrogens with zero attached hydrogens (tertiary/aromatic N) is 1. The Hall–Kier alpha value is -1.63. The third-order valence-electron chi connectivity index (χ3n) is 8.74. The molecule has 266 valence electrons. The number of esters is 2. The monoisotopic (exact) mass is 639 g/mol. The molecule has 7 nitrogen and oxygen atoms in total. The molecular formula is C38H74N2O5. The number of ether oxygens (including phenoxy) is 2. The first-order chi connectivity index (χ1) is 22.0. The van der Waals surface area contributed by atoms with Gasteiger partial charge < -0.3 is 20.1 Å². The fraction of sp³-hybridized carbons (Fsp3) is 0.921. The molecule has 1 amide bonds. The second-order valence-corrected chi connectivity index (χ2v) is 13.0. The summed E-state index contributed by atoms with van der Waals surface area (Å²) in [6, 6.07) is 0. The molecule has 0 aliphatic carbocycles. The van der Waals surface area contributed by atoms with Crippen LogP contribution in [0.15, 0.2) is 0 Å². The number of amides is 1. The Labute approximate surface area is 278 Å². The average Bonchev–Trinajstić information content (AvgIpc) is 3.04. The van der Waals surface area contributed by atoms with Crippen LogP contribution in [0.1, 0.15) is 194 Å². The van der Waals surface area contributed by atoms with Gasteiger partial charge in [0.2, 0.25) is 5.91 Å². The quantitative estimate of drug-likeness (QED) is 0.0548. The van der Waals surface area contributed by atoms with E-state index in [2.05, 4.69) is 13.8 Å². The molecule has 7 heteroatoms. The van der Waals surface area contributed by atoms with Gasteiger partial charge in [-0.2, -0.15) is 0 Å². The Balaban J connectivity index is 3.71. The number of nitrogens with two attached hydrogens (primary N) is 1. The first-order valence-corrected chi connectivity index (χ1v) is 19.3. The smallest absolute Gasteiger partial charge is 0.305 e. The lowest BCUT2D eigenvalue weighted by Crippen LogP contribution is -2.40. The summed E-state index contributed by atoms with van der Waals surface area (Å²) in [6.07, 6.45) is 33.8. The number of unbranched alkanes of at least 4 members (excludes halogenated alkanes) is 24. The van der Waals surface area contributed by atoms with E-state index in [1.165, 1.54) is 146 Å². The molecule has 0 unspecified atom stereocenters. The second kappa shape index (κ2) is 35.2. The van der Waals surface area contributed by atoms with Crippen LogP contribution in [0.25, 0.3) is 0 Å². The molecule has 0 saturated carbocycles. The van der Waals surface area contributed by atoms with Crippen molar-refractivity contribution in [1.82, 2.24) is 4.90 Å². The minimum absolute atomic E-state index is 0.125. The molecule has 0 atom stereocenters. The summed E-state index contributed by atoms with van der Waals surface area (Å²) in [5.74, 6) is -0.681. The van der Waals surface area contributed by atoms with Gasteiger partial charge in [-0.25, -0.2) is 0 Å². The number of hydrogen-bond acceptors (Lipinski definition) is 6. The summed E-state index contributed by atoms with van der Waals surface area (Å²) in [5.41, 5.74) is 5.55. The third kappa shape index (κ3) is 32.1. The van der Waals surface area contributed by atoms with E-state index >= 15 is 0 Å². The van der Waals surface area contributed by atoms with E-state index < -0.39 is 0 Å². The summed E-state index contributed by atoms with van der Waals surface area (Å²) in [7, 11) is 0. The van der Waals surface area contributed by atoms with Gasteiger partial charge in [0.15, 0.2) is 0 Å². The highest BCUT2D eigenvalue weighted by molar-refractivity contribution is 5.78. The van der Waals surface area contributed by atoms with Crippen molar-refractivity contribution in [2.24, 2.45) is 5.73 Å². The molecule has 0 aromatic rings. The van der Waals surface area contributed by atoms with Crippen molar-refractivity contribution < 1.29 is 23.9 Å². The largest absolute Gasteiger partial charge is 0.464 e. The Morgan fingerprint density at radius 1 is 0.444 bits per heavy atom. The van der Waals surface area contributed by atoms with Crippen molar-refractivity contribution >= 4 is 17.8 Å². The summed E-state index contributed by atoms with van der Waals surface area (Å²) >= 11 is 0. The summed E-state index contributed by atoms with van der Waals surface area (Å²) < 4.78 is 10.7. The van der Waals surface area contributed by atoms with Crippen molar-refractivity contribution in [3.63, 3.8) is 0 Å². The van der Waals surface area contributed by atoms with Crippen molar-refractivity contribution in [3.8, 4) is 0 Å². The van der Waals surface area contributed by atoms with E-state index in [-0.39, 0.29) is 50.7 Å². The minimum Gasteiger partial charge on any atom is -0.464 e. The maximum atomic E-state index is 12.2. The lowest BCUT2D eigenvalue weighted by Gasteiger charge is -2.21. The molecule has 45 heavy (non-hydrogen) atoms. The number of carbonyl (C=O) groups excluding carboxylic acids is 3. The van der Waals surface area contributed by atoms with Crippen LogP contribution in [0.2, 0.25) is 0 Å². The predicted octanol–water partition coefficient (Wildman–Crippen LogP) is 9.82. The Bertz CT molecular complexity index is 625. The van der Waals surface area contributed by atoms with Crippen LogP contribution >= 0.6 is 0 Å². The van der Waals surface area contributed by atoms with E-state index in [1.54, 1.807) is 0 Å². The molecule has 0 heterocycles. The lowest BCUT2D eigenvalue weighted by atomic mass is 10.0. The van der Waals surface area contributed by atoms with E-state index in [0.717, 1.165) is 25.7 Å². The van der Waals surface area contributed by atoms with E-state index in [1.807, 2.05) is 0 Å². The zero-order valence-corrected chi connectivity index (χ0v) is 29.9. The molecule has 0 aliphatic heterocycles. The van der Waals surface area contributed by atoms with Gasteiger partial charge in [-0.15, -0.1) is 0 Å². The zero-order chi connectivity index (χ0) is 33.1. The third-order valence-corrected chi connectivity index (χ3v) is 8.74. The highest BCUT2D eigenvalue weighted by Crippen LogP contribution is 2.14. The number of carbonyl (C=O) groups is 3. The standard InChI is InChI=1S/C38H74N2O5/c1-3-5-7-9-11-13-15-17-19-21-23-25-27-29-37(42)44-33-31-40(36(41)35-39)32-34-45-38(43)30-28-26-24-22-20-18-16-14-12-10-8-6-4-2/h3-35,39H2,1-2H3.